The first kappa shape index (κ1) is 14.2. The highest BCUT2D eigenvalue weighted by atomic mass is 35.5. The molecule has 5 heteroatoms. The lowest BCUT2D eigenvalue weighted by molar-refractivity contribution is 0.220. The molecule has 1 aliphatic heterocycles. The third kappa shape index (κ3) is 3.39. The molecule has 2 unspecified atom stereocenters. The first-order valence-corrected chi connectivity index (χ1v) is 6.93. The number of urea groups is 1. The van der Waals surface area contributed by atoms with Gasteiger partial charge in [0.15, 0.2) is 0 Å². The highest BCUT2D eigenvalue weighted by Gasteiger charge is 2.28. The van der Waals surface area contributed by atoms with Gasteiger partial charge in [-0.3, -0.25) is 0 Å². The van der Waals surface area contributed by atoms with Crippen LogP contribution >= 0.6 is 11.6 Å². The van der Waals surface area contributed by atoms with Crippen molar-refractivity contribution < 1.29 is 4.79 Å². The summed E-state index contributed by atoms with van der Waals surface area (Å²) >= 11 is 6.04. The van der Waals surface area contributed by atoms with Crippen LogP contribution in [0.1, 0.15) is 18.9 Å². The highest BCUT2D eigenvalue weighted by Crippen LogP contribution is 2.22. The van der Waals surface area contributed by atoms with Crippen LogP contribution in [0.2, 0.25) is 5.02 Å². The fraction of sp³-hybridized carbons (Fsp3) is 0.500. The SMILES string of the molecule is Cc1ccc(NC(=O)N2CCC(C(C)N)C2)cc1Cl. The number of aryl methyl sites for hydroxylation is 1. The van der Waals surface area contributed by atoms with Crippen LogP contribution in [-0.4, -0.2) is 30.1 Å². The number of nitrogens with zero attached hydrogens (tertiary/aromatic N) is 1. The van der Waals surface area contributed by atoms with E-state index >= 15 is 0 Å². The molecule has 0 radical (unpaired) electrons. The van der Waals surface area contributed by atoms with Crippen molar-refractivity contribution in [3.63, 3.8) is 0 Å². The fourth-order valence-electron chi connectivity index (χ4n) is 2.27. The summed E-state index contributed by atoms with van der Waals surface area (Å²) < 4.78 is 0. The molecule has 104 valence electrons. The Morgan fingerprint density at radius 2 is 2.32 bits per heavy atom. The lowest BCUT2D eigenvalue weighted by Crippen LogP contribution is -2.35. The van der Waals surface area contributed by atoms with Crippen molar-refractivity contribution in [3.05, 3.63) is 28.8 Å². The van der Waals surface area contributed by atoms with Gasteiger partial charge in [-0.2, -0.15) is 0 Å². The van der Waals surface area contributed by atoms with Gasteiger partial charge in [-0.05, 0) is 43.9 Å². The van der Waals surface area contributed by atoms with Gasteiger partial charge < -0.3 is 16.0 Å². The molecule has 1 saturated heterocycles. The highest BCUT2D eigenvalue weighted by molar-refractivity contribution is 6.31. The largest absolute Gasteiger partial charge is 0.328 e. The maximum absolute atomic E-state index is 12.1. The first-order valence-electron chi connectivity index (χ1n) is 6.55. The topological polar surface area (TPSA) is 58.4 Å². The molecule has 1 fully saturated rings. The maximum atomic E-state index is 12.1. The molecule has 1 aromatic rings. The van der Waals surface area contributed by atoms with Gasteiger partial charge in [-0.15, -0.1) is 0 Å². The van der Waals surface area contributed by atoms with Gasteiger partial charge in [0, 0.05) is 29.8 Å². The minimum Gasteiger partial charge on any atom is -0.328 e. The Morgan fingerprint density at radius 1 is 1.58 bits per heavy atom. The van der Waals surface area contributed by atoms with Crippen LogP contribution < -0.4 is 11.1 Å². The Hall–Kier alpha value is -1.26. The Labute approximate surface area is 118 Å². The lowest BCUT2D eigenvalue weighted by atomic mass is 10.0. The summed E-state index contributed by atoms with van der Waals surface area (Å²) in [6.45, 7) is 5.41. The standard InChI is InChI=1S/C14H20ClN3O/c1-9-3-4-12(7-13(9)15)17-14(19)18-6-5-11(8-18)10(2)16/h3-4,7,10-11H,5-6,8,16H2,1-2H3,(H,17,19). The molecule has 19 heavy (non-hydrogen) atoms. The van der Waals surface area contributed by atoms with Gasteiger partial charge in [0.2, 0.25) is 0 Å². The number of nitrogens with two attached hydrogens (primary N) is 1. The molecule has 1 aliphatic rings. The van der Waals surface area contributed by atoms with Crippen molar-refractivity contribution >= 4 is 23.3 Å². The van der Waals surface area contributed by atoms with Crippen molar-refractivity contribution in [3.8, 4) is 0 Å². The van der Waals surface area contributed by atoms with Crippen LogP contribution in [-0.2, 0) is 0 Å². The Morgan fingerprint density at radius 3 is 2.89 bits per heavy atom. The van der Waals surface area contributed by atoms with Crippen molar-refractivity contribution in [2.24, 2.45) is 11.7 Å². The molecule has 1 aromatic carbocycles. The molecular weight excluding hydrogens is 262 g/mol. The molecule has 0 saturated carbocycles. The smallest absolute Gasteiger partial charge is 0.321 e. The van der Waals surface area contributed by atoms with Gasteiger partial charge in [0.1, 0.15) is 0 Å². The zero-order chi connectivity index (χ0) is 14.0. The van der Waals surface area contributed by atoms with Gasteiger partial charge in [0.05, 0.1) is 0 Å². The molecule has 0 aromatic heterocycles. The second-order valence-electron chi connectivity index (χ2n) is 5.25. The van der Waals surface area contributed by atoms with Crippen LogP contribution in [0.15, 0.2) is 18.2 Å². The molecule has 0 bridgehead atoms. The van der Waals surface area contributed by atoms with Gasteiger partial charge in [-0.25, -0.2) is 4.79 Å². The number of carbonyl (C=O) groups is 1. The van der Waals surface area contributed by atoms with Crippen molar-refractivity contribution in [2.75, 3.05) is 18.4 Å². The second kappa shape index (κ2) is 5.80. The number of amides is 2. The number of hydrogen-bond acceptors (Lipinski definition) is 2. The van der Waals surface area contributed by atoms with Gasteiger partial charge in [0.25, 0.3) is 0 Å². The van der Waals surface area contributed by atoms with Crippen LogP contribution in [0, 0.1) is 12.8 Å². The molecule has 2 amide bonds. The number of likely N-dealkylation sites (tertiary alicyclic amines) is 1. The Balaban J connectivity index is 1.96. The van der Waals surface area contributed by atoms with Gasteiger partial charge >= 0.3 is 6.03 Å². The number of rotatable bonds is 2. The Bertz CT molecular complexity index is 476. The number of hydrogen-bond donors (Lipinski definition) is 2. The van der Waals surface area contributed by atoms with E-state index in [1.54, 1.807) is 6.07 Å². The normalized spacial score (nSPS) is 20.4. The van der Waals surface area contributed by atoms with Gasteiger partial charge in [-0.1, -0.05) is 17.7 Å². The van der Waals surface area contributed by atoms with E-state index in [2.05, 4.69) is 5.32 Å². The Kier molecular flexibility index (Phi) is 4.32. The minimum absolute atomic E-state index is 0.0805. The van der Waals surface area contributed by atoms with E-state index in [1.165, 1.54) is 0 Å². The molecule has 0 spiro atoms. The molecule has 4 nitrogen and oxygen atoms in total. The van der Waals surface area contributed by atoms with Crippen molar-refractivity contribution in [2.45, 2.75) is 26.3 Å². The number of benzene rings is 1. The van der Waals surface area contributed by atoms with E-state index < -0.39 is 0 Å². The molecular formula is C14H20ClN3O. The van der Waals surface area contributed by atoms with Crippen LogP contribution in [0.4, 0.5) is 10.5 Å². The first-order chi connectivity index (χ1) is 8.97. The predicted molar refractivity (Wildman–Crippen MR) is 78.5 cm³/mol. The zero-order valence-electron chi connectivity index (χ0n) is 11.3. The monoisotopic (exact) mass is 281 g/mol. The predicted octanol–water partition coefficient (Wildman–Crippen LogP) is 2.85. The van der Waals surface area contributed by atoms with E-state index in [-0.39, 0.29) is 12.1 Å². The molecule has 0 aliphatic carbocycles. The zero-order valence-corrected chi connectivity index (χ0v) is 12.1. The van der Waals surface area contributed by atoms with E-state index in [0.717, 1.165) is 30.8 Å². The quantitative estimate of drug-likeness (QED) is 0.876. The summed E-state index contributed by atoms with van der Waals surface area (Å²) in [5.74, 6) is 0.396. The average molecular weight is 282 g/mol. The summed E-state index contributed by atoms with van der Waals surface area (Å²) in [7, 11) is 0. The number of carbonyl (C=O) groups excluding carboxylic acids is 1. The summed E-state index contributed by atoms with van der Waals surface area (Å²) in [6, 6.07) is 5.58. The third-order valence-electron chi connectivity index (χ3n) is 3.68. The number of halogens is 1. The summed E-state index contributed by atoms with van der Waals surface area (Å²) in [5.41, 5.74) is 7.60. The third-order valence-corrected chi connectivity index (χ3v) is 4.09. The maximum Gasteiger partial charge on any atom is 0.321 e. The molecule has 3 N–H and O–H groups in total. The summed E-state index contributed by atoms with van der Waals surface area (Å²) in [6.07, 6.45) is 0.972. The van der Waals surface area contributed by atoms with Crippen molar-refractivity contribution in [1.82, 2.24) is 4.90 Å². The van der Waals surface area contributed by atoms with Crippen LogP contribution in [0.5, 0.6) is 0 Å². The lowest BCUT2D eigenvalue weighted by Gasteiger charge is -2.19. The molecule has 2 atom stereocenters. The fourth-order valence-corrected chi connectivity index (χ4v) is 2.45. The van der Waals surface area contributed by atoms with E-state index in [9.17, 15) is 4.79 Å². The van der Waals surface area contributed by atoms with E-state index in [0.29, 0.717) is 10.9 Å². The molecule has 1 heterocycles. The van der Waals surface area contributed by atoms with E-state index in [1.807, 2.05) is 30.9 Å². The number of anilines is 1. The second-order valence-corrected chi connectivity index (χ2v) is 5.66. The summed E-state index contributed by atoms with van der Waals surface area (Å²) in [4.78, 5) is 13.9. The minimum atomic E-state index is -0.0805. The molecule has 2 rings (SSSR count). The average Bonchev–Trinajstić information content (AvgIpc) is 2.83. The van der Waals surface area contributed by atoms with Crippen molar-refractivity contribution in [1.29, 1.82) is 0 Å². The summed E-state index contributed by atoms with van der Waals surface area (Å²) in [5, 5.41) is 3.53. The van der Waals surface area contributed by atoms with Crippen LogP contribution in [0.3, 0.4) is 0 Å². The van der Waals surface area contributed by atoms with Crippen LogP contribution in [0.25, 0.3) is 0 Å². The van der Waals surface area contributed by atoms with E-state index in [4.69, 9.17) is 17.3 Å². The number of nitrogens with one attached hydrogen (secondary N) is 1.